The summed E-state index contributed by atoms with van der Waals surface area (Å²) in [4.78, 5) is 0. The Hall–Kier alpha value is -1.09. The third-order valence-corrected chi connectivity index (χ3v) is 2.91. The maximum atomic E-state index is 12.4. The number of sulfonamides is 1. The first kappa shape index (κ1) is 15.0. The smallest absolute Gasteiger partial charge is 0.269 e. The molecule has 0 aliphatic heterocycles. The minimum Gasteiger partial charge on any atom is -0.269 e. The van der Waals surface area contributed by atoms with Crippen molar-refractivity contribution in [3.8, 4) is 0 Å². The Morgan fingerprint density at radius 3 is 2.50 bits per heavy atom. The van der Waals surface area contributed by atoms with E-state index >= 15 is 0 Å². The van der Waals surface area contributed by atoms with Gasteiger partial charge in [0.05, 0.1) is 6.26 Å². The van der Waals surface area contributed by atoms with Crippen molar-refractivity contribution in [3.05, 3.63) is 17.5 Å². The molecule has 0 aliphatic rings. The van der Waals surface area contributed by atoms with Gasteiger partial charge in [0, 0.05) is 18.8 Å². The second-order valence-electron chi connectivity index (χ2n) is 3.91. The lowest BCUT2D eigenvalue weighted by atomic mass is 10.3. The van der Waals surface area contributed by atoms with E-state index in [1.807, 2.05) is 0 Å². The van der Waals surface area contributed by atoms with Gasteiger partial charge < -0.3 is 0 Å². The molecule has 9 heteroatoms. The van der Waals surface area contributed by atoms with Crippen molar-refractivity contribution >= 4 is 10.0 Å². The van der Waals surface area contributed by atoms with E-state index in [4.69, 9.17) is 0 Å². The molecule has 0 aromatic carbocycles. The predicted molar refractivity (Wildman–Crippen MR) is 59.4 cm³/mol. The molecule has 0 fully saturated rings. The molecule has 0 atom stereocenters. The second-order valence-corrected chi connectivity index (χ2v) is 5.74. The maximum Gasteiger partial charge on any atom is 0.435 e. The summed E-state index contributed by atoms with van der Waals surface area (Å²) in [6.07, 6.45) is -3.07. The van der Waals surface area contributed by atoms with E-state index < -0.39 is 21.9 Å². The van der Waals surface area contributed by atoms with Gasteiger partial charge in [-0.2, -0.15) is 18.3 Å². The molecule has 0 radical (unpaired) electrons. The van der Waals surface area contributed by atoms with Crippen LogP contribution in [0.4, 0.5) is 13.2 Å². The number of aromatic nitrogens is 2. The predicted octanol–water partition coefficient (Wildman–Crippen LogP) is 1.15. The quantitative estimate of drug-likeness (QED) is 0.825. The van der Waals surface area contributed by atoms with E-state index in [9.17, 15) is 21.6 Å². The number of rotatable bonds is 5. The highest BCUT2D eigenvalue weighted by Gasteiger charge is 2.34. The highest BCUT2D eigenvalue weighted by Crippen LogP contribution is 2.28. The second kappa shape index (κ2) is 5.27. The zero-order valence-electron chi connectivity index (χ0n) is 9.95. The van der Waals surface area contributed by atoms with Crippen molar-refractivity contribution in [1.29, 1.82) is 0 Å². The number of nitrogens with zero attached hydrogens (tertiary/aromatic N) is 2. The van der Waals surface area contributed by atoms with Gasteiger partial charge in [-0.15, -0.1) is 0 Å². The lowest BCUT2D eigenvalue weighted by Gasteiger charge is -2.05. The Morgan fingerprint density at radius 1 is 1.44 bits per heavy atom. The lowest BCUT2D eigenvalue weighted by Crippen LogP contribution is -2.24. The maximum absolute atomic E-state index is 12.4. The summed E-state index contributed by atoms with van der Waals surface area (Å²) in [5.74, 6) is 0. The van der Waals surface area contributed by atoms with Crippen LogP contribution >= 0.6 is 0 Å². The monoisotopic (exact) mass is 285 g/mol. The minimum atomic E-state index is -4.46. The molecule has 104 valence electrons. The molecule has 0 saturated heterocycles. The van der Waals surface area contributed by atoms with Crippen LogP contribution in [-0.2, 0) is 22.7 Å². The molecule has 0 spiro atoms. The van der Waals surface area contributed by atoms with Gasteiger partial charge in [-0.3, -0.25) is 4.68 Å². The molecule has 1 aromatic heterocycles. The van der Waals surface area contributed by atoms with Crippen molar-refractivity contribution in [2.75, 3.05) is 12.8 Å². The van der Waals surface area contributed by atoms with Crippen LogP contribution in [0.2, 0.25) is 0 Å². The highest BCUT2D eigenvalue weighted by atomic mass is 32.2. The van der Waals surface area contributed by atoms with Crippen LogP contribution in [0.5, 0.6) is 0 Å². The van der Waals surface area contributed by atoms with E-state index in [0.29, 0.717) is 12.1 Å². The summed E-state index contributed by atoms with van der Waals surface area (Å²) in [6.45, 7) is 1.91. The van der Waals surface area contributed by atoms with Gasteiger partial charge in [-0.1, -0.05) is 0 Å². The molecule has 0 saturated carbocycles. The standard InChI is InChI=1S/C9H14F3N3O2S/c1-7-6-8(9(10,11)12)14-15(7)5-3-4-13-18(2,16)17/h6,13H,3-5H2,1-2H3. The molecule has 1 heterocycles. The Bertz CT molecular complexity index is 508. The summed E-state index contributed by atoms with van der Waals surface area (Å²) >= 11 is 0. The Morgan fingerprint density at radius 2 is 2.06 bits per heavy atom. The normalized spacial score (nSPS) is 12.9. The molecular formula is C9H14F3N3O2S. The summed E-state index contributed by atoms with van der Waals surface area (Å²) in [6, 6.07) is 0.962. The molecule has 0 unspecified atom stereocenters. The van der Waals surface area contributed by atoms with Crippen molar-refractivity contribution in [2.45, 2.75) is 26.1 Å². The van der Waals surface area contributed by atoms with Crippen LogP contribution in [0, 0.1) is 6.92 Å². The Labute approximate surface area is 103 Å². The van der Waals surface area contributed by atoms with E-state index in [2.05, 4.69) is 9.82 Å². The molecule has 0 bridgehead atoms. The minimum absolute atomic E-state index is 0.166. The molecule has 0 amide bonds. The van der Waals surface area contributed by atoms with Crippen LogP contribution < -0.4 is 4.72 Å². The summed E-state index contributed by atoms with van der Waals surface area (Å²) in [5.41, 5.74) is -0.544. The van der Waals surface area contributed by atoms with Crippen molar-refractivity contribution in [3.63, 3.8) is 0 Å². The molecule has 1 N–H and O–H groups in total. The van der Waals surface area contributed by atoms with E-state index in [1.54, 1.807) is 0 Å². The van der Waals surface area contributed by atoms with Crippen LogP contribution in [-0.4, -0.2) is 31.0 Å². The fourth-order valence-electron chi connectivity index (χ4n) is 1.36. The zero-order chi connectivity index (χ0) is 14.0. The van der Waals surface area contributed by atoms with Gasteiger partial charge in [0.25, 0.3) is 0 Å². The van der Waals surface area contributed by atoms with Crippen LogP contribution in [0.25, 0.3) is 0 Å². The fourth-order valence-corrected chi connectivity index (χ4v) is 1.88. The first-order chi connectivity index (χ1) is 8.09. The molecular weight excluding hydrogens is 271 g/mol. The highest BCUT2D eigenvalue weighted by molar-refractivity contribution is 7.88. The number of alkyl halides is 3. The molecule has 0 aliphatic carbocycles. The molecule has 18 heavy (non-hydrogen) atoms. The molecule has 1 rings (SSSR count). The summed E-state index contributed by atoms with van der Waals surface area (Å²) < 4.78 is 62.1. The average Bonchev–Trinajstić information content (AvgIpc) is 2.53. The number of nitrogens with one attached hydrogen (secondary N) is 1. The van der Waals surface area contributed by atoms with Crippen LogP contribution in [0.3, 0.4) is 0 Å². The first-order valence-electron chi connectivity index (χ1n) is 5.16. The van der Waals surface area contributed by atoms with Gasteiger partial charge in [0.2, 0.25) is 10.0 Å². The fraction of sp³-hybridized carbons (Fsp3) is 0.667. The van der Waals surface area contributed by atoms with Gasteiger partial charge in [0.1, 0.15) is 0 Å². The lowest BCUT2D eigenvalue weighted by molar-refractivity contribution is -0.141. The van der Waals surface area contributed by atoms with Crippen LogP contribution in [0.1, 0.15) is 17.8 Å². The van der Waals surface area contributed by atoms with E-state index in [-0.39, 0.29) is 13.1 Å². The zero-order valence-corrected chi connectivity index (χ0v) is 10.8. The number of hydrogen-bond donors (Lipinski definition) is 1. The Balaban J connectivity index is 2.56. The van der Waals surface area contributed by atoms with Gasteiger partial charge >= 0.3 is 6.18 Å². The SMILES string of the molecule is Cc1cc(C(F)(F)F)nn1CCCNS(C)(=O)=O. The van der Waals surface area contributed by atoms with Gasteiger partial charge in [-0.05, 0) is 19.4 Å². The topological polar surface area (TPSA) is 64.0 Å². The van der Waals surface area contributed by atoms with Crippen molar-refractivity contribution in [2.24, 2.45) is 0 Å². The van der Waals surface area contributed by atoms with E-state index in [1.165, 1.54) is 11.6 Å². The van der Waals surface area contributed by atoms with Crippen molar-refractivity contribution in [1.82, 2.24) is 14.5 Å². The summed E-state index contributed by atoms with van der Waals surface area (Å²) in [7, 11) is -3.27. The van der Waals surface area contributed by atoms with Gasteiger partial charge in [-0.25, -0.2) is 13.1 Å². The average molecular weight is 285 g/mol. The molecule has 5 nitrogen and oxygen atoms in total. The van der Waals surface area contributed by atoms with Gasteiger partial charge in [0.15, 0.2) is 5.69 Å². The van der Waals surface area contributed by atoms with Crippen LogP contribution in [0.15, 0.2) is 6.07 Å². The number of aryl methyl sites for hydroxylation is 2. The largest absolute Gasteiger partial charge is 0.435 e. The molecule has 1 aromatic rings. The number of hydrogen-bond acceptors (Lipinski definition) is 3. The summed E-state index contributed by atoms with van der Waals surface area (Å²) in [5, 5.41) is 3.43. The van der Waals surface area contributed by atoms with Crippen molar-refractivity contribution < 1.29 is 21.6 Å². The number of halogens is 3. The third-order valence-electron chi connectivity index (χ3n) is 2.18. The Kier molecular flexibility index (Phi) is 4.38. The first-order valence-corrected chi connectivity index (χ1v) is 7.05. The third kappa shape index (κ3) is 4.65. The van der Waals surface area contributed by atoms with E-state index in [0.717, 1.165) is 12.3 Å².